The fraction of sp³-hybridized carbons (Fsp3) is 0.692. The van der Waals surface area contributed by atoms with Gasteiger partial charge in [-0.1, -0.05) is 13.3 Å². The largest absolute Gasteiger partial charge is 0.311 e. The molecule has 0 radical (unpaired) electrons. The first-order chi connectivity index (χ1) is 7.74. The average molecular weight is 219 g/mol. The van der Waals surface area contributed by atoms with Gasteiger partial charge in [0.1, 0.15) is 5.82 Å². The first kappa shape index (κ1) is 11.5. The quantitative estimate of drug-likeness (QED) is 0.844. The van der Waals surface area contributed by atoms with E-state index < -0.39 is 0 Å². The summed E-state index contributed by atoms with van der Waals surface area (Å²) in [6, 6.07) is 1.98. The van der Waals surface area contributed by atoms with Gasteiger partial charge < -0.3 is 5.32 Å². The zero-order valence-electron chi connectivity index (χ0n) is 10.2. The molecule has 2 atom stereocenters. The predicted molar refractivity (Wildman–Crippen MR) is 65.0 cm³/mol. The third kappa shape index (κ3) is 3.27. The molecule has 2 rings (SSSR count). The molecule has 1 aromatic heterocycles. The highest BCUT2D eigenvalue weighted by Gasteiger charge is 2.20. The van der Waals surface area contributed by atoms with Crippen LogP contribution in [0.4, 0.5) is 0 Å². The summed E-state index contributed by atoms with van der Waals surface area (Å²) in [4.78, 5) is 8.48. The fourth-order valence-electron chi connectivity index (χ4n) is 2.52. The van der Waals surface area contributed by atoms with E-state index in [4.69, 9.17) is 0 Å². The molecular formula is C13H21N3. The van der Waals surface area contributed by atoms with Crippen molar-refractivity contribution in [3.63, 3.8) is 0 Å². The maximum atomic E-state index is 4.38. The van der Waals surface area contributed by atoms with E-state index in [0.29, 0.717) is 0 Å². The second-order valence-electron chi connectivity index (χ2n) is 5.01. The topological polar surface area (TPSA) is 37.8 Å². The van der Waals surface area contributed by atoms with Gasteiger partial charge in [-0.15, -0.1) is 0 Å². The summed E-state index contributed by atoms with van der Waals surface area (Å²) in [5.74, 6) is 2.65. The van der Waals surface area contributed by atoms with Crippen LogP contribution in [0.5, 0.6) is 0 Å². The van der Waals surface area contributed by atoms with Crippen LogP contribution in [0, 0.1) is 18.8 Å². The molecule has 0 saturated heterocycles. The molecule has 88 valence electrons. The minimum absolute atomic E-state index is 0.855. The fourth-order valence-corrected chi connectivity index (χ4v) is 2.52. The third-order valence-corrected chi connectivity index (χ3v) is 3.38. The van der Waals surface area contributed by atoms with Crippen LogP contribution < -0.4 is 5.32 Å². The van der Waals surface area contributed by atoms with Crippen LogP contribution in [0.15, 0.2) is 12.3 Å². The van der Waals surface area contributed by atoms with Crippen LogP contribution >= 0.6 is 0 Å². The predicted octanol–water partition coefficient (Wildman–Crippen LogP) is 2.31. The Balaban J connectivity index is 1.72. The minimum atomic E-state index is 0.855. The molecule has 1 heterocycles. The Kier molecular flexibility index (Phi) is 3.88. The smallest absolute Gasteiger partial charge is 0.125 e. The molecule has 1 aliphatic rings. The Labute approximate surface area is 97.7 Å². The molecule has 1 saturated carbocycles. The number of nitrogens with zero attached hydrogens (tertiary/aromatic N) is 2. The molecule has 0 amide bonds. The van der Waals surface area contributed by atoms with Crippen molar-refractivity contribution >= 4 is 0 Å². The van der Waals surface area contributed by atoms with Crippen LogP contribution in [0.1, 0.15) is 37.7 Å². The number of aromatic nitrogens is 2. The van der Waals surface area contributed by atoms with Gasteiger partial charge in [0.15, 0.2) is 0 Å². The van der Waals surface area contributed by atoms with Gasteiger partial charge in [0, 0.05) is 12.7 Å². The van der Waals surface area contributed by atoms with Crippen molar-refractivity contribution in [2.45, 2.75) is 39.7 Å². The van der Waals surface area contributed by atoms with Crippen LogP contribution in [-0.4, -0.2) is 16.5 Å². The van der Waals surface area contributed by atoms with Gasteiger partial charge in [0.2, 0.25) is 0 Å². The Hall–Kier alpha value is -0.960. The molecule has 3 heteroatoms. The highest BCUT2D eigenvalue weighted by atomic mass is 14.9. The number of nitrogens with one attached hydrogen (secondary N) is 1. The zero-order chi connectivity index (χ0) is 11.4. The second-order valence-corrected chi connectivity index (χ2v) is 5.01. The van der Waals surface area contributed by atoms with Gasteiger partial charge >= 0.3 is 0 Å². The highest BCUT2D eigenvalue weighted by Crippen LogP contribution is 2.29. The summed E-state index contributed by atoms with van der Waals surface area (Å²) in [6.45, 7) is 6.29. The van der Waals surface area contributed by atoms with E-state index in [9.17, 15) is 0 Å². The van der Waals surface area contributed by atoms with Crippen molar-refractivity contribution in [2.24, 2.45) is 11.8 Å². The van der Waals surface area contributed by atoms with Gasteiger partial charge in [0.25, 0.3) is 0 Å². The number of rotatable bonds is 4. The van der Waals surface area contributed by atoms with E-state index in [1.54, 1.807) is 0 Å². The maximum Gasteiger partial charge on any atom is 0.125 e. The summed E-state index contributed by atoms with van der Waals surface area (Å²) >= 11 is 0. The van der Waals surface area contributed by atoms with Gasteiger partial charge in [-0.3, -0.25) is 0 Å². The summed E-state index contributed by atoms with van der Waals surface area (Å²) in [5, 5.41) is 3.50. The Bertz CT molecular complexity index is 338. The lowest BCUT2D eigenvalue weighted by atomic mass is 10.1. The Morgan fingerprint density at radius 1 is 1.44 bits per heavy atom. The van der Waals surface area contributed by atoms with Crippen LogP contribution in [-0.2, 0) is 6.54 Å². The molecule has 16 heavy (non-hydrogen) atoms. The van der Waals surface area contributed by atoms with Gasteiger partial charge in [-0.05, 0) is 44.2 Å². The van der Waals surface area contributed by atoms with Crippen molar-refractivity contribution in [3.8, 4) is 0 Å². The first-order valence-corrected chi connectivity index (χ1v) is 6.23. The minimum Gasteiger partial charge on any atom is -0.311 e. The second kappa shape index (κ2) is 5.39. The number of hydrogen-bond donors (Lipinski definition) is 1. The molecule has 3 nitrogen and oxygen atoms in total. The lowest BCUT2D eigenvalue weighted by molar-refractivity contribution is 0.468. The van der Waals surface area contributed by atoms with Crippen LogP contribution in [0.2, 0.25) is 0 Å². The van der Waals surface area contributed by atoms with Gasteiger partial charge in [0.05, 0.1) is 5.69 Å². The van der Waals surface area contributed by atoms with Gasteiger partial charge in [-0.2, -0.15) is 0 Å². The highest BCUT2D eigenvalue weighted by molar-refractivity contribution is 5.01. The van der Waals surface area contributed by atoms with E-state index >= 15 is 0 Å². The molecule has 0 spiro atoms. The molecule has 1 N–H and O–H groups in total. The molecule has 0 bridgehead atoms. The number of aryl methyl sites for hydroxylation is 1. The molecule has 1 fully saturated rings. The average Bonchev–Trinajstić information content (AvgIpc) is 2.64. The SMILES string of the molecule is Cc1nccc(CNCC2CCC(C)C2)n1. The van der Waals surface area contributed by atoms with Crippen molar-refractivity contribution in [1.82, 2.24) is 15.3 Å². The molecule has 1 aromatic rings. The molecule has 1 aliphatic carbocycles. The molecule has 0 aliphatic heterocycles. The van der Waals surface area contributed by atoms with E-state index in [1.807, 2.05) is 19.2 Å². The lowest BCUT2D eigenvalue weighted by Crippen LogP contribution is -2.21. The Morgan fingerprint density at radius 3 is 3.00 bits per heavy atom. The third-order valence-electron chi connectivity index (χ3n) is 3.38. The summed E-state index contributed by atoms with van der Waals surface area (Å²) < 4.78 is 0. The number of hydrogen-bond acceptors (Lipinski definition) is 3. The maximum absolute atomic E-state index is 4.38. The van der Waals surface area contributed by atoms with Crippen LogP contribution in [0.3, 0.4) is 0 Å². The Morgan fingerprint density at radius 2 is 2.31 bits per heavy atom. The van der Waals surface area contributed by atoms with Crippen molar-refractivity contribution in [2.75, 3.05) is 6.54 Å². The van der Waals surface area contributed by atoms with Crippen LogP contribution in [0.25, 0.3) is 0 Å². The van der Waals surface area contributed by atoms with Crippen molar-refractivity contribution in [1.29, 1.82) is 0 Å². The molecular weight excluding hydrogens is 198 g/mol. The van der Waals surface area contributed by atoms with E-state index in [0.717, 1.165) is 36.4 Å². The normalized spacial score (nSPS) is 24.9. The van der Waals surface area contributed by atoms with Gasteiger partial charge in [-0.25, -0.2) is 9.97 Å². The molecule has 2 unspecified atom stereocenters. The monoisotopic (exact) mass is 219 g/mol. The lowest BCUT2D eigenvalue weighted by Gasteiger charge is -2.10. The van der Waals surface area contributed by atoms with E-state index in [2.05, 4.69) is 22.2 Å². The van der Waals surface area contributed by atoms with Crippen molar-refractivity contribution in [3.05, 3.63) is 23.8 Å². The summed E-state index contributed by atoms with van der Waals surface area (Å²) in [7, 11) is 0. The standard InChI is InChI=1S/C13H21N3/c1-10-3-4-12(7-10)8-14-9-13-5-6-15-11(2)16-13/h5-6,10,12,14H,3-4,7-9H2,1-2H3. The van der Waals surface area contributed by atoms with E-state index in [-0.39, 0.29) is 0 Å². The first-order valence-electron chi connectivity index (χ1n) is 6.23. The van der Waals surface area contributed by atoms with E-state index in [1.165, 1.54) is 19.3 Å². The summed E-state index contributed by atoms with van der Waals surface area (Å²) in [5.41, 5.74) is 1.10. The molecule has 0 aromatic carbocycles. The van der Waals surface area contributed by atoms with Crippen molar-refractivity contribution < 1.29 is 0 Å². The summed E-state index contributed by atoms with van der Waals surface area (Å²) in [6.07, 6.45) is 6.00. The zero-order valence-corrected chi connectivity index (χ0v) is 10.2.